The molecule has 33 heavy (non-hydrogen) atoms. The minimum Gasteiger partial charge on any atom is -0.382 e. The van der Waals surface area contributed by atoms with Crippen LogP contribution in [-0.2, 0) is 17.8 Å². The van der Waals surface area contributed by atoms with Crippen molar-refractivity contribution in [1.82, 2.24) is 24.6 Å². The van der Waals surface area contributed by atoms with Crippen LogP contribution in [0.25, 0.3) is 22.1 Å². The molecule has 0 bridgehead atoms. The molecule has 3 N–H and O–H groups in total. The summed E-state index contributed by atoms with van der Waals surface area (Å²) in [6.45, 7) is 3.33. The fraction of sp³-hybridized carbons (Fsp3) is 0.333. The second-order valence-corrected chi connectivity index (χ2v) is 7.78. The van der Waals surface area contributed by atoms with Crippen LogP contribution in [0.5, 0.6) is 0 Å². The van der Waals surface area contributed by atoms with Crippen molar-refractivity contribution in [2.75, 3.05) is 24.7 Å². The van der Waals surface area contributed by atoms with Crippen LogP contribution in [0.15, 0.2) is 48.7 Å². The molecule has 0 aliphatic rings. The fourth-order valence-electron chi connectivity index (χ4n) is 3.93. The molecule has 0 saturated carbocycles. The largest absolute Gasteiger partial charge is 0.382 e. The number of carbonyl (C=O) groups excluding carboxylic acids is 1. The van der Waals surface area contributed by atoms with Crippen LogP contribution < -0.4 is 11.1 Å². The fourth-order valence-corrected chi connectivity index (χ4v) is 3.93. The van der Waals surface area contributed by atoms with Crippen LogP contribution in [0, 0.1) is 0 Å². The van der Waals surface area contributed by atoms with Gasteiger partial charge in [0.25, 0.3) is 0 Å². The number of nitrogens with one attached hydrogen (secondary N) is 1. The van der Waals surface area contributed by atoms with E-state index in [4.69, 9.17) is 15.6 Å². The van der Waals surface area contributed by atoms with Gasteiger partial charge in [-0.25, -0.2) is 19.8 Å². The Labute approximate surface area is 192 Å². The zero-order chi connectivity index (χ0) is 23.2. The number of imidazole rings is 1. The SMILES string of the molecule is CCCc1nc2c(N)nc3cccnc3c2n1CCCCN(OC)C(=O)Nc1ccccc1. The molecule has 0 fully saturated rings. The van der Waals surface area contributed by atoms with Crippen molar-refractivity contribution < 1.29 is 9.63 Å². The zero-order valence-corrected chi connectivity index (χ0v) is 19.0. The molecule has 4 rings (SSSR count). The number of nitrogen functional groups attached to an aromatic ring is 1. The smallest absolute Gasteiger partial charge is 0.345 e. The van der Waals surface area contributed by atoms with Gasteiger partial charge >= 0.3 is 6.03 Å². The lowest BCUT2D eigenvalue weighted by molar-refractivity contribution is -0.0823. The molecule has 0 atom stereocenters. The van der Waals surface area contributed by atoms with E-state index in [1.807, 2.05) is 42.5 Å². The lowest BCUT2D eigenvalue weighted by atomic mass is 10.2. The number of carbonyl (C=O) groups is 1. The molecular formula is C24H29N7O2. The van der Waals surface area contributed by atoms with Gasteiger partial charge in [0.2, 0.25) is 0 Å². The quantitative estimate of drug-likeness (QED) is 0.291. The summed E-state index contributed by atoms with van der Waals surface area (Å²) in [5.41, 5.74) is 10.1. The number of fused-ring (bicyclic) bond motifs is 3. The summed E-state index contributed by atoms with van der Waals surface area (Å²) in [7, 11) is 1.50. The van der Waals surface area contributed by atoms with Crippen molar-refractivity contribution in [3.8, 4) is 0 Å². The average Bonchev–Trinajstić information content (AvgIpc) is 3.19. The second kappa shape index (κ2) is 10.3. The normalized spacial score (nSPS) is 11.2. The summed E-state index contributed by atoms with van der Waals surface area (Å²) in [5.74, 6) is 1.40. The molecule has 3 aromatic heterocycles. The van der Waals surface area contributed by atoms with Crippen molar-refractivity contribution in [2.45, 2.75) is 39.2 Å². The van der Waals surface area contributed by atoms with Gasteiger partial charge in [0.1, 0.15) is 22.4 Å². The van der Waals surface area contributed by atoms with E-state index in [1.54, 1.807) is 6.20 Å². The van der Waals surface area contributed by atoms with Crippen molar-refractivity contribution >= 4 is 39.6 Å². The van der Waals surface area contributed by atoms with Crippen molar-refractivity contribution in [1.29, 1.82) is 0 Å². The molecule has 0 spiro atoms. The number of unbranched alkanes of at least 4 members (excludes halogenated alkanes) is 1. The average molecular weight is 448 g/mol. The van der Waals surface area contributed by atoms with Gasteiger partial charge in [0, 0.05) is 24.8 Å². The maximum Gasteiger partial charge on any atom is 0.345 e. The lowest BCUT2D eigenvalue weighted by Gasteiger charge is -2.20. The first-order valence-corrected chi connectivity index (χ1v) is 11.2. The number of benzene rings is 1. The first-order chi connectivity index (χ1) is 16.1. The topological polar surface area (TPSA) is 111 Å². The Morgan fingerprint density at radius 3 is 2.70 bits per heavy atom. The number of nitrogens with two attached hydrogens (primary N) is 1. The molecule has 0 aliphatic heterocycles. The molecule has 0 aliphatic carbocycles. The Kier molecular flexibility index (Phi) is 6.99. The first kappa shape index (κ1) is 22.5. The van der Waals surface area contributed by atoms with E-state index in [1.165, 1.54) is 12.2 Å². The number of anilines is 2. The molecule has 2 amide bonds. The number of aromatic nitrogens is 4. The highest BCUT2D eigenvalue weighted by Crippen LogP contribution is 2.28. The van der Waals surface area contributed by atoms with Gasteiger partial charge < -0.3 is 15.6 Å². The Hall–Kier alpha value is -3.72. The number of urea groups is 1. The van der Waals surface area contributed by atoms with Crippen LogP contribution in [0.2, 0.25) is 0 Å². The standard InChI is InChI=1S/C24H29N7O2/c1-3-10-19-29-21-22(20-18(28-23(21)25)13-9-14-26-20)30(19)15-7-8-16-31(33-2)24(32)27-17-11-5-4-6-12-17/h4-6,9,11-14H,3,7-8,10,15-16H2,1-2H3,(H2,25,28)(H,27,32). The van der Waals surface area contributed by atoms with Crippen LogP contribution in [0.4, 0.5) is 16.3 Å². The summed E-state index contributed by atoms with van der Waals surface area (Å²) < 4.78 is 2.20. The number of rotatable bonds is 9. The molecule has 0 saturated heterocycles. The molecule has 172 valence electrons. The summed E-state index contributed by atoms with van der Waals surface area (Å²) in [6.07, 6.45) is 5.16. The maximum atomic E-state index is 12.5. The Balaban J connectivity index is 1.48. The van der Waals surface area contributed by atoms with Crippen LogP contribution in [0.3, 0.4) is 0 Å². The second-order valence-electron chi connectivity index (χ2n) is 7.78. The molecule has 0 radical (unpaired) electrons. The molecular weight excluding hydrogens is 418 g/mol. The van der Waals surface area contributed by atoms with Gasteiger partial charge in [0.15, 0.2) is 5.82 Å². The summed E-state index contributed by atoms with van der Waals surface area (Å²) in [5, 5.41) is 4.18. The predicted molar refractivity (Wildman–Crippen MR) is 130 cm³/mol. The van der Waals surface area contributed by atoms with Gasteiger partial charge in [-0.05, 0) is 43.5 Å². The molecule has 3 heterocycles. The molecule has 9 nitrogen and oxygen atoms in total. The number of hydrogen-bond acceptors (Lipinski definition) is 6. The third kappa shape index (κ3) is 4.88. The minimum absolute atomic E-state index is 0.294. The van der Waals surface area contributed by atoms with Crippen molar-refractivity contribution in [3.05, 3.63) is 54.5 Å². The van der Waals surface area contributed by atoms with E-state index in [2.05, 4.69) is 26.8 Å². The predicted octanol–water partition coefficient (Wildman–Crippen LogP) is 4.39. The van der Waals surface area contributed by atoms with Crippen LogP contribution in [-0.4, -0.2) is 44.3 Å². The third-order valence-electron chi connectivity index (χ3n) is 5.48. The van der Waals surface area contributed by atoms with Crippen molar-refractivity contribution in [3.63, 3.8) is 0 Å². The highest BCUT2D eigenvalue weighted by atomic mass is 16.7. The number of para-hydroxylation sites is 1. The van der Waals surface area contributed by atoms with E-state index in [-0.39, 0.29) is 6.03 Å². The Bertz CT molecular complexity index is 1240. The van der Waals surface area contributed by atoms with E-state index in [0.717, 1.165) is 60.3 Å². The highest BCUT2D eigenvalue weighted by molar-refractivity contribution is 6.04. The highest BCUT2D eigenvalue weighted by Gasteiger charge is 2.18. The van der Waals surface area contributed by atoms with Gasteiger partial charge in [0.05, 0.1) is 19.2 Å². The van der Waals surface area contributed by atoms with E-state index < -0.39 is 0 Å². The van der Waals surface area contributed by atoms with Gasteiger partial charge in [-0.3, -0.25) is 9.82 Å². The van der Waals surface area contributed by atoms with Crippen LogP contribution in [0.1, 0.15) is 32.0 Å². The molecule has 0 unspecified atom stereocenters. The monoisotopic (exact) mass is 447 g/mol. The molecule has 1 aromatic carbocycles. The number of hydroxylamine groups is 2. The molecule has 9 heteroatoms. The minimum atomic E-state index is -0.294. The van der Waals surface area contributed by atoms with E-state index in [0.29, 0.717) is 17.9 Å². The maximum absolute atomic E-state index is 12.5. The number of pyridine rings is 2. The lowest BCUT2D eigenvalue weighted by Crippen LogP contribution is -2.34. The summed E-state index contributed by atoms with van der Waals surface area (Å²) >= 11 is 0. The van der Waals surface area contributed by atoms with E-state index in [9.17, 15) is 4.79 Å². The van der Waals surface area contributed by atoms with Gasteiger partial charge in [-0.15, -0.1) is 0 Å². The van der Waals surface area contributed by atoms with E-state index >= 15 is 0 Å². The van der Waals surface area contributed by atoms with Gasteiger partial charge in [-0.2, -0.15) is 0 Å². The number of aryl methyl sites for hydroxylation is 2. The Morgan fingerprint density at radius 1 is 1.12 bits per heavy atom. The molecule has 4 aromatic rings. The first-order valence-electron chi connectivity index (χ1n) is 11.2. The number of amides is 2. The van der Waals surface area contributed by atoms with Gasteiger partial charge in [-0.1, -0.05) is 25.1 Å². The summed E-state index contributed by atoms with van der Waals surface area (Å²) in [6, 6.07) is 12.8. The third-order valence-corrected chi connectivity index (χ3v) is 5.48. The van der Waals surface area contributed by atoms with Crippen LogP contribution >= 0.6 is 0 Å². The van der Waals surface area contributed by atoms with Crippen molar-refractivity contribution in [2.24, 2.45) is 0 Å². The number of nitrogens with zero attached hydrogens (tertiary/aromatic N) is 5. The summed E-state index contributed by atoms with van der Waals surface area (Å²) in [4.78, 5) is 31.6. The zero-order valence-electron chi connectivity index (χ0n) is 19.0. The number of hydrogen-bond donors (Lipinski definition) is 2. The Morgan fingerprint density at radius 2 is 1.94 bits per heavy atom.